The molecule has 0 radical (unpaired) electrons. The summed E-state index contributed by atoms with van der Waals surface area (Å²) in [5, 5.41) is 6.06. The van der Waals surface area contributed by atoms with Crippen LogP contribution in [-0.2, 0) is 17.3 Å². The van der Waals surface area contributed by atoms with Crippen LogP contribution in [0.2, 0.25) is 0 Å². The first-order valence-electron chi connectivity index (χ1n) is 14.1. The number of ether oxygens (including phenoxy) is 1. The lowest BCUT2D eigenvalue weighted by Gasteiger charge is -2.34. The fourth-order valence-corrected chi connectivity index (χ4v) is 5.55. The Labute approximate surface area is 240 Å². The van der Waals surface area contributed by atoms with Gasteiger partial charge in [0.25, 0.3) is 0 Å². The van der Waals surface area contributed by atoms with Crippen molar-refractivity contribution in [1.82, 2.24) is 19.4 Å². The molecule has 0 bridgehead atoms. The quantitative estimate of drug-likeness (QED) is 0.258. The second kappa shape index (κ2) is 11.5. The van der Waals surface area contributed by atoms with Crippen molar-refractivity contribution in [3.8, 4) is 11.5 Å². The van der Waals surface area contributed by atoms with Crippen molar-refractivity contribution < 1.29 is 13.9 Å². The number of anilines is 3. The zero-order valence-corrected chi connectivity index (χ0v) is 24.7. The Morgan fingerprint density at radius 3 is 2.51 bits per heavy atom. The average molecular weight is 559 g/mol. The Morgan fingerprint density at radius 2 is 1.78 bits per heavy atom. The minimum Gasteiger partial charge on any atom is -0.457 e. The minimum atomic E-state index is -0.338. The number of amides is 1. The van der Waals surface area contributed by atoms with Gasteiger partial charge in [-0.25, -0.2) is 14.4 Å². The summed E-state index contributed by atoms with van der Waals surface area (Å²) in [5.74, 6) is 2.85. The van der Waals surface area contributed by atoms with Gasteiger partial charge in [0.1, 0.15) is 23.1 Å². The van der Waals surface area contributed by atoms with Crippen molar-refractivity contribution in [3.05, 3.63) is 66.1 Å². The Hall–Kier alpha value is -3.98. The van der Waals surface area contributed by atoms with Crippen molar-refractivity contribution in [3.63, 3.8) is 0 Å². The molecule has 1 saturated heterocycles. The smallest absolute Gasteiger partial charge is 0.239 e. The highest BCUT2D eigenvalue weighted by Crippen LogP contribution is 2.31. The third kappa shape index (κ3) is 6.85. The summed E-state index contributed by atoms with van der Waals surface area (Å²) in [6, 6.07) is 14.2. The largest absolute Gasteiger partial charge is 0.457 e. The number of halogens is 1. The number of rotatable bonds is 7. The Balaban J connectivity index is 1.28. The van der Waals surface area contributed by atoms with Crippen LogP contribution in [0.1, 0.15) is 46.6 Å². The Morgan fingerprint density at radius 1 is 1.05 bits per heavy atom. The zero-order chi connectivity index (χ0) is 29.3. The number of fused-ring (bicyclic) bond motifs is 1. The van der Waals surface area contributed by atoms with Crippen molar-refractivity contribution in [1.29, 1.82) is 0 Å². The summed E-state index contributed by atoms with van der Waals surface area (Å²) in [5.41, 5.74) is 2.87. The van der Waals surface area contributed by atoms with E-state index in [4.69, 9.17) is 9.72 Å². The third-order valence-corrected chi connectivity index (χ3v) is 7.48. The summed E-state index contributed by atoms with van der Waals surface area (Å²) in [4.78, 5) is 23.9. The van der Waals surface area contributed by atoms with Gasteiger partial charge in [0.05, 0.1) is 23.3 Å². The van der Waals surface area contributed by atoms with Crippen LogP contribution in [0, 0.1) is 17.7 Å². The van der Waals surface area contributed by atoms with Gasteiger partial charge in [0.2, 0.25) is 11.9 Å². The molecular formula is C32H39FN6O2. The van der Waals surface area contributed by atoms with Crippen LogP contribution in [0.4, 0.5) is 21.8 Å². The number of hydrogen-bond donors (Lipinski definition) is 2. The molecule has 0 spiro atoms. The molecule has 4 aromatic rings. The molecule has 5 rings (SSSR count). The van der Waals surface area contributed by atoms with E-state index in [1.165, 1.54) is 12.5 Å². The van der Waals surface area contributed by atoms with Gasteiger partial charge in [-0.2, -0.15) is 0 Å². The van der Waals surface area contributed by atoms with E-state index in [0.717, 1.165) is 24.2 Å². The monoisotopic (exact) mass is 558 g/mol. The lowest BCUT2D eigenvalue weighted by atomic mass is 9.87. The normalized spacial score (nSPS) is 17.9. The maximum Gasteiger partial charge on any atom is 0.239 e. The zero-order valence-electron chi connectivity index (χ0n) is 24.7. The van der Waals surface area contributed by atoms with E-state index in [2.05, 4.69) is 55.1 Å². The molecule has 1 aliphatic rings. The first-order chi connectivity index (χ1) is 19.4. The van der Waals surface area contributed by atoms with Crippen LogP contribution in [0.5, 0.6) is 11.5 Å². The molecule has 41 heavy (non-hydrogen) atoms. The highest BCUT2D eigenvalue weighted by molar-refractivity contribution is 5.91. The van der Waals surface area contributed by atoms with Gasteiger partial charge in [-0.05, 0) is 59.6 Å². The Bertz CT molecular complexity index is 1550. The molecule has 1 fully saturated rings. The fraction of sp³-hybridized carbons (Fsp3) is 0.406. The molecule has 2 aromatic heterocycles. The molecule has 2 atom stereocenters. The van der Waals surface area contributed by atoms with Gasteiger partial charge >= 0.3 is 0 Å². The summed E-state index contributed by atoms with van der Waals surface area (Å²) >= 11 is 0. The summed E-state index contributed by atoms with van der Waals surface area (Å²) < 4.78 is 22.6. The Kier molecular flexibility index (Phi) is 8.00. The van der Waals surface area contributed by atoms with Gasteiger partial charge in [-0.1, -0.05) is 40.7 Å². The van der Waals surface area contributed by atoms with Crippen LogP contribution < -0.4 is 15.4 Å². The molecule has 1 aliphatic heterocycles. The van der Waals surface area contributed by atoms with Crippen molar-refractivity contribution in [2.75, 3.05) is 30.3 Å². The van der Waals surface area contributed by atoms with E-state index in [-0.39, 0.29) is 17.1 Å². The predicted molar refractivity (Wildman–Crippen MR) is 161 cm³/mol. The van der Waals surface area contributed by atoms with E-state index in [1.54, 1.807) is 18.3 Å². The molecule has 3 heterocycles. The third-order valence-electron chi connectivity index (χ3n) is 7.48. The van der Waals surface area contributed by atoms with Crippen LogP contribution in [0.15, 0.2) is 54.7 Å². The highest BCUT2D eigenvalue weighted by atomic mass is 19.1. The van der Waals surface area contributed by atoms with E-state index >= 15 is 0 Å². The van der Waals surface area contributed by atoms with Crippen LogP contribution in [-0.4, -0.2) is 45.0 Å². The molecule has 0 aliphatic carbocycles. The fourth-order valence-electron chi connectivity index (χ4n) is 5.55. The summed E-state index contributed by atoms with van der Waals surface area (Å²) in [6.07, 6.45) is 2.81. The molecule has 2 N–H and O–H groups in total. The number of hydrogen-bond acceptors (Lipinski definition) is 6. The number of aromatic nitrogens is 3. The number of nitrogens with one attached hydrogen (secondary N) is 2. The van der Waals surface area contributed by atoms with Crippen molar-refractivity contribution >= 4 is 34.4 Å². The summed E-state index contributed by atoms with van der Waals surface area (Å²) in [6.45, 7) is 12.9. The second-order valence-electron chi connectivity index (χ2n) is 12.4. The van der Waals surface area contributed by atoms with E-state index in [1.807, 2.05) is 41.9 Å². The van der Waals surface area contributed by atoms with E-state index in [0.29, 0.717) is 52.8 Å². The van der Waals surface area contributed by atoms with Crippen molar-refractivity contribution in [2.45, 2.75) is 46.5 Å². The van der Waals surface area contributed by atoms with Gasteiger partial charge < -0.3 is 19.9 Å². The van der Waals surface area contributed by atoms with Gasteiger partial charge in [-0.3, -0.25) is 9.69 Å². The van der Waals surface area contributed by atoms with Crippen LogP contribution in [0.25, 0.3) is 11.0 Å². The maximum absolute atomic E-state index is 14.6. The minimum absolute atomic E-state index is 0.0876. The number of likely N-dealkylation sites (tertiary alicyclic amines) is 1. The molecule has 216 valence electrons. The maximum atomic E-state index is 14.6. The molecule has 2 aromatic carbocycles. The molecule has 0 saturated carbocycles. The molecule has 1 amide bonds. The number of benzene rings is 2. The van der Waals surface area contributed by atoms with Gasteiger partial charge in [0.15, 0.2) is 0 Å². The lowest BCUT2D eigenvalue weighted by Crippen LogP contribution is -2.42. The first kappa shape index (κ1) is 28.5. The summed E-state index contributed by atoms with van der Waals surface area (Å²) in [7, 11) is 1.88. The highest BCUT2D eigenvalue weighted by Gasteiger charge is 2.23. The molecular weight excluding hydrogens is 519 g/mol. The lowest BCUT2D eigenvalue weighted by molar-refractivity contribution is -0.117. The number of carbonyl (C=O) groups excluding carboxylic acids is 1. The molecule has 8 nitrogen and oxygen atoms in total. The number of aryl methyl sites for hydroxylation is 1. The number of pyridine rings is 1. The molecule has 9 heteroatoms. The SMILES string of the molecule is CC1CC(C)CN(CC(=O)Nc2cc(Oc3ccc4c(c3)nc(Nc3cc(C(C)(C)C)ccc3F)n4C)ccn2)C1. The average Bonchev–Trinajstić information content (AvgIpc) is 3.18. The first-order valence-corrected chi connectivity index (χ1v) is 14.1. The second-order valence-corrected chi connectivity index (χ2v) is 12.4. The van der Waals surface area contributed by atoms with Gasteiger partial charge in [-0.15, -0.1) is 0 Å². The predicted octanol–water partition coefficient (Wildman–Crippen LogP) is 6.86. The van der Waals surface area contributed by atoms with E-state index in [9.17, 15) is 9.18 Å². The topological polar surface area (TPSA) is 84.3 Å². The van der Waals surface area contributed by atoms with E-state index < -0.39 is 0 Å². The number of carbonyl (C=O) groups is 1. The van der Waals surface area contributed by atoms with Crippen LogP contribution in [0.3, 0.4) is 0 Å². The standard InChI is InChI=1S/C32H39FN6O2/c1-20-13-21(2)18-39(17-20)19-30(40)37-29-16-24(11-12-34-29)41-23-8-10-28-27(15-23)36-31(38(28)6)35-26-14-22(32(3,4)5)7-9-25(26)33/h7-12,14-16,20-21H,13,17-19H2,1-6H3,(H,35,36)(H,34,37,40). The van der Waals surface area contributed by atoms with Crippen molar-refractivity contribution in [2.24, 2.45) is 18.9 Å². The van der Waals surface area contributed by atoms with Crippen LogP contribution >= 0.6 is 0 Å². The number of nitrogens with zero attached hydrogens (tertiary/aromatic N) is 4. The number of piperidine rings is 1. The van der Waals surface area contributed by atoms with Gasteiger partial charge in [0, 0.05) is 38.5 Å². The molecule has 2 unspecified atom stereocenters. The number of imidazole rings is 1.